The highest BCUT2D eigenvalue weighted by atomic mass is 16.3. The molecule has 2 heterocycles. The van der Waals surface area contributed by atoms with E-state index in [1.807, 2.05) is 6.07 Å². The van der Waals surface area contributed by atoms with Gasteiger partial charge in [-0.2, -0.15) is 0 Å². The van der Waals surface area contributed by atoms with Crippen LogP contribution in [-0.2, 0) is 0 Å². The Labute approximate surface area is 275 Å². The normalized spacial score (nSPS) is 12.2. The van der Waals surface area contributed by atoms with Gasteiger partial charge in [-0.3, -0.25) is 0 Å². The first-order valence-corrected chi connectivity index (χ1v) is 16.4. The third kappa shape index (κ3) is 3.41. The van der Waals surface area contributed by atoms with Gasteiger partial charge in [0.2, 0.25) is 0 Å². The first kappa shape index (κ1) is 25.8. The Morgan fingerprint density at radius 1 is 0.271 bits per heavy atom. The zero-order valence-electron chi connectivity index (χ0n) is 25.8. The summed E-state index contributed by atoms with van der Waals surface area (Å²) in [6, 6.07) is 56.7. The van der Waals surface area contributed by atoms with E-state index in [0.29, 0.717) is 0 Å². The van der Waals surface area contributed by atoms with Crippen molar-refractivity contribution in [1.29, 1.82) is 0 Å². The van der Waals surface area contributed by atoms with Gasteiger partial charge in [0.15, 0.2) is 0 Å². The minimum Gasteiger partial charge on any atom is -0.456 e. The third-order valence-corrected chi connectivity index (χ3v) is 10.2. The number of rotatable bonds is 3. The minimum atomic E-state index is 0.903. The Bertz CT molecular complexity index is 3010. The van der Waals surface area contributed by atoms with Gasteiger partial charge in [-0.15, -0.1) is 0 Å². The lowest BCUT2D eigenvalue weighted by molar-refractivity contribution is 0.669. The Hall–Kier alpha value is -6.38. The van der Waals surface area contributed by atoms with Gasteiger partial charge in [0.25, 0.3) is 0 Å². The molecule has 0 radical (unpaired) electrons. The summed E-state index contributed by atoms with van der Waals surface area (Å²) in [5.74, 6) is 0. The van der Waals surface area contributed by atoms with Crippen molar-refractivity contribution in [2.24, 2.45) is 0 Å². The topological polar surface area (TPSA) is 26.3 Å². The lowest BCUT2D eigenvalue weighted by Crippen LogP contribution is -1.93. The summed E-state index contributed by atoms with van der Waals surface area (Å²) in [5, 5.41) is 12.0. The average Bonchev–Trinajstić information content (AvgIpc) is 3.72. The SMILES string of the molecule is c1ccc(-c2cccc3oc4ccccc4c23)c(-c2c3ccccc3c(-c3cc4cccc5oc6cccc3c6c45)c3ccccc23)c1. The van der Waals surface area contributed by atoms with Gasteiger partial charge in [0.1, 0.15) is 22.3 Å². The Kier molecular flexibility index (Phi) is 5.14. The molecule has 0 spiro atoms. The molecule has 0 fully saturated rings. The molecule has 2 heteroatoms. The molecule has 0 bridgehead atoms. The van der Waals surface area contributed by atoms with E-state index >= 15 is 0 Å². The standard InChI is InChI=1S/C46H26O2/c1-2-14-29(28(13-1)30-20-10-24-40-45(30)36-19-7-8-22-38(36)47-40)43-31-15-3-5-17-33(31)44(34-18-6-4-16-32(34)43)37-26-27-12-9-23-39-42(27)46-35(37)21-11-25-41(46)48-39/h1-26H. The van der Waals surface area contributed by atoms with E-state index in [1.165, 1.54) is 76.5 Å². The molecule has 2 nitrogen and oxygen atoms in total. The predicted molar refractivity (Wildman–Crippen MR) is 201 cm³/mol. The molecule has 48 heavy (non-hydrogen) atoms. The maximum atomic E-state index is 6.36. The van der Waals surface area contributed by atoms with Crippen LogP contribution in [0.5, 0.6) is 0 Å². The number of fused-ring (bicyclic) bond motifs is 5. The van der Waals surface area contributed by atoms with Crippen LogP contribution in [-0.4, -0.2) is 0 Å². The first-order valence-electron chi connectivity index (χ1n) is 16.4. The largest absolute Gasteiger partial charge is 0.456 e. The van der Waals surface area contributed by atoms with Gasteiger partial charge in [-0.25, -0.2) is 0 Å². The van der Waals surface area contributed by atoms with Gasteiger partial charge >= 0.3 is 0 Å². The van der Waals surface area contributed by atoms with Crippen LogP contribution in [0.4, 0.5) is 0 Å². The molecule has 0 aliphatic rings. The second-order valence-electron chi connectivity index (χ2n) is 12.7. The number of hydrogen-bond acceptors (Lipinski definition) is 2. The van der Waals surface area contributed by atoms with Crippen molar-refractivity contribution in [1.82, 2.24) is 0 Å². The van der Waals surface area contributed by atoms with Crippen molar-refractivity contribution in [2.75, 3.05) is 0 Å². The average molecular weight is 611 g/mol. The molecule has 0 N–H and O–H groups in total. The summed E-state index contributed by atoms with van der Waals surface area (Å²) in [6.45, 7) is 0. The fourth-order valence-corrected chi connectivity index (χ4v) is 8.32. The quantitative estimate of drug-likeness (QED) is 0.147. The molecule has 0 saturated carbocycles. The zero-order chi connectivity index (χ0) is 31.3. The lowest BCUT2D eigenvalue weighted by atomic mass is 9.82. The Morgan fingerprint density at radius 2 is 0.729 bits per heavy atom. The molecule has 11 rings (SSSR count). The molecule has 11 aromatic rings. The molecule has 2 aromatic heterocycles. The molecule has 0 atom stereocenters. The molecule has 0 aliphatic heterocycles. The van der Waals surface area contributed by atoms with Crippen molar-refractivity contribution in [3.8, 4) is 33.4 Å². The molecule has 222 valence electrons. The smallest absolute Gasteiger partial charge is 0.136 e. The van der Waals surface area contributed by atoms with E-state index in [2.05, 4.69) is 152 Å². The maximum absolute atomic E-state index is 6.36. The van der Waals surface area contributed by atoms with E-state index in [0.717, 1.165) is 33.1 Å². The van der Waals surface area contributed by atoms with Crippen molar-refractivity contribution in [2.45, 2.75) is 0 Å². The minimum absolute atomic E-state index is 0.903. The molecular weight excluding hydrogens is 585 g/mol. The van der Waals surface area contributed by atoms with Crippen LogP contribution in [0.15, 0.2) is 167 Å². The van der Waals surface area contributed by atoms with Crippen LogP contribution in [0.2, 0.25) is 0 Å². The molecule has 0 amide bonds. The fourth-order valence-electron chi connectivity index (χ4n) is 8.32. The van der Waals surface area contributed by atoms with Crippen LogP contribution in [0, 0.1) is 0 Å². The van der Waals surface area contributed by atoms with E-state index in [4.69, 9.17) is 8.83 Å². The highest BCUT2D eigenvalue weighted by molar-refractivity contribution is 6.30. The predicted octanol–water partition coefficient (Wildman–Crippen LogP) is 13.4. The van der Waals surface area contributed by atoms with E-state index in [1.54, 1.807) is 0 Å². The summed E-state index contributed by atoms with van der Waals surface area (Å²) >= 11 is 0. The van der Waals surface area contributed by atoms with Crippen molar-refractivity contribution in [3.05, 3.63) is 158 Å². The van der Waals surface area contributed by atoms with Gasteiger partial charge < -0.3 is 8.83 Å². The highest BCUT2D eigenvalue weighted by Crippen LogP contribution is 2.50. The first-order chi connectivity index (χ1) is 23.8. The number of benzene rings is 9. The number of hydrogen-bond donors (Lipinski definition) is 0. The summed E-state index contributed by atoms with van der Waals surface area (Å²) in [6.07, 6.45) is 0. The summed E-state index contributed by atoms with van der Waals surface area (Å²) in [5.41, 5.74) is 11.0. The third-order valence-electron chi connectivity index (χ3n) is 10.2. The van der Waals surface area contributed by atoms with Gasteiger partial charge in [-0.1, -0.05) is 127 Å². The van der Waals surface area contributed by atoms with E-state index < -0.39 is 0 Å². The highest BCUT2D eigenvalue weighted by Gasteiger charge is 2.23. The van der Waals surface area contributed by atoms with Crippen LogP contribution < -0.4 is 0 Å². The molecule has 0 saturated heterocycles. The van der Waals surface area contributed by atoms with E-state index in [9.17, 15) is 0 Å². The fraction of sp³-hybridized carbons (Fsp3) is 0. The number of furan rings is 2. The van der Waals surface area contributed by atoms with Gasteiger partial charge in [0, 0.05) is 21.5 Å². The van der Waals surface area contributed by atoms with Crippen molar-refractivity contribution >= 4 is 76.2 Å². The Morgan fingerprint density at radius 3 is 1.46 bits per heavy atom. The van der Waals surface area contributed by atoms with Crippen molar-refractivity contribution < 1.29 is 8.83 Å². The maximum Gasteiger partial charge on any atom is 0.136 e. The zero-order valence-corrected chi connectivity index (χ0v) is 25.8. The summed E-state index contributed by atoms with van der Waals surface area (Å²) < 4.78 is 12.7. The van der Waals surface area contributed by atoms with Crippen LogP contribution in [0.25, 0.3) is 110 Å². The van der Waals surface area contributed by atoms with E-state index in [-0.39, 0.29) is 0 Å². The molecular formula is C46H26O2. The molecule has 9 aromatic carbocycles. The number of para-hydroxylation sites is 1. The monoisotopic (exact) mass is 610 g/mol. The Balaban J connectivity index is 1.28. The van der Waals surface area contributed by atoms with Crippen LogP contribution in [0.3, 0.4) is 0 Å². The second kappa shape index (κ2) is 9.57. The molecule has 0 aliphatic carbocycles. The van der Waals surface area contributed by atoms with Crippen LogP contribution in [0.1, 0.15) is 0 Å². The van der Waals surface area contributed by atoms with Crippen molar-refractivity contribution in [3.63, 3.8) is 0 Å². The van der Waals surface area contributed by atoms with Crippen LogP contribution >= 0.6 is 0 Å². The van der Waals surface area contributed by atoms with Gasteiger partial charge in [0.05, 0.1) is 0 Å². The second-order valence-corrected chi connectivity index (χ2v) is 12.7. The molecule has 0 unspecified atom stereocenters. The summed E-state index contributed by atoms with van der Waals surface area (Å²) in [4.78, 5) is 0. The summed E-state index contributed by atoms with van der Waals surface area (Å²) in [7, 11) is 0. The van der Waals surface area contributed by atoms with Gasteiger partial charge in [-0.05, 0) is 96.0 Å². The lowest BCUT2D eigenvalue weighted by Gasteiger charge is -2.21.